The van der Waals surface area contributed by atoms with E-state index in [2.05, 4.69) is 35.1 Å². The molecule has 4 rings (SSSR count). The Morgan fingerprint density at radius 2 is 1.97 bits per heavy atom. The number of hydrogen-bond acceptors (Lipinski definition) is 3. The number of piperidine rings is 1. The van der Waals surface area contributed by atoms with E-state index >= 15 is 0 Å². The predicted molar refractivity (Wildman–Crippen MR) is 115 cm³/mol. The molecule has 0 radical (unpaired) electrons. The highest BCUT2D eigenvalue weighted by atomic mass is 19.1. The highest BCUT2D eigenvalue weighted by Crippen LogP contribution is 2.39. The number of benzene rings is 2. The van der Waals surface area contributed by atoms with Gasteiger partial charge >= 0.3 is 0 Å². The quantitative estimate of drug-likeness (QED) is 0.764. The molecular weight excluding hydrogens is 384 g/mol. The van der Waals surface area contributed by atoms with Crippen LogP contribution in [0.5, 0.6) is 0 Å². The molecule has 2 aromatic rings. The van der Waals surface area contributed by atoms with Gasteiger partial charge in [-0.1, -0.05) is 32.1 Å². The Hall–Kier alpha value is -3.02. The third kappa shape index (κ3) is 3.86. The predicted octanol–water partition coefficient (Wildman–Crippen LogP) is 5.13. The van der Waals surface area contributed by atoms with Crippen molar-refractivity contribution in [3.05, 3.63) is 77.5 Å². The fourth-order valence-electron chi connectivity index (χ4n) is 4.26. The molecule has 1 fully saturated rings. The zero-order valence-corrected chi connectivity index (χ0v) is 17.2. The van der Waals surface area contributed by atoms with Gasteiger partial charge in [-0.25, -0.2) is 13.8 Å². The molecule has 2 heterocycles. The maximum Gasteiger partial charge on any atom is 0.258 e. The summed E-state index contributed by atoms with van der Waals surface area (Å²) in [7, 11) is 0. The van der Waals surface area contributed by atoms with Crippen LogP contribution in [-0.2, 0) is 5.41 Å². The third-order valence-corrected chi connectivity index (χ3v) is 6.41. The molecule has 2 aliphatic rings. The average molecular weight is 409 g/mol. The second-order valence-electron chi connectivity index (χ2n) is 8.32. The van der Waals surface area contributed by atoms with Crippen molar-refractivity contribution < 1.29 is 13.6 Å². The van der Waals surface area contributed by atoms with Gasteiger partial charge in [0.1, 0.15) is 17.5 Å². The molecule has 1 amide bonds. The van der Waals surface area contributed by atoms with E-state index in [9.17, 15) is 13.6 Å². The second kappa shape index (κ2) is 8.01. The fourth-order valence-corrected chi connectivity index (χ4v) is 4.26. The first kappa shape index (κ1) is 20.3. The third-order valence-electron chi connectivity index (χ3n) is 6.41. The summed E-state index contributed by atoms with van der Waals surface area (Å²) >= 11 is 0. The molecule has 156 valence electrons. The van der Waals surface area contributed by atoms with Crippen molar-refractivity contribution in [2.24, 2.45) is 10.9 Å². The van der Waals surface area contributed by atoms with Crippen LogP contribution in [0.3, 0.4) is 0 Å². The number of hydrogen-bond donors (Lipinski definition) is 1. The molecule has 2 atom stereocenters. The van der Waals surface area contributed by atoms with Crippen molar-refractivity contribution in [1.82, 2.24) is 4.90 Å². The highest BCUT2D eigenvalue weighted by Gasteiger charge is 2.39. The minimum absolute atomic E-state index is 0.0467. The number of amidine groups is 1. The molecule has 1 saturated heterocycles. The van der Waals surface area contributed by atoms with E-state index in [1.54, 1.807) is 0 Å². The zero-order chi connectivity index (χ0) is 21.3. The Morgan fingerprint density at radius 1 is 1.20 bits per heavy atom. The topological polar surface area (TPSA) is 44.7 Å². The second-order valence-corrected chi connectivity index (χ2v) is 8.32. The van der Waals surface area contributed by atoms with Gasteiger partial charge in [0, 0.05) is 42.9 Å². The summed E-state index contributed by atoms with van der Waals surface area (Å²) in [6.07, 6.45) is 5.91. The lowest BCUT2D eigenvalue weighted by atomic mass is 9.68. The van der Waals surface area contributed by atoms with Gasteiger partial charge in [-0.05, 0) is 42.2 Å². The van der Waals surface area contributed by atoms with Gasteiger partial charge < -0.3 is 10.2 Å². The molecule has 2 aromatic carbocycles. The van der Waals surface area contributed by atoms with Gasteiger partial charge in [-0.15, -0.1) is 0 Å². The summed E-state index contributed by atoms with van der Waals surface area (Å²) in [5.74, 6) is -0.570. The maximum absolute atomic E-state index is 13.8. The van der Waals surface area contributed by atoms with Crippen molar-refractivity contribution in [3.63, 3.8) is 0 Å². The summed E-state index contributed by atoms with van der Waals surface area (Å²) in [5.41, 5.74) is 1.53. The first-order valence-corrected chi connectivity index (χ1v) is 10.2. The maximum atomic E-state index is 13.8. The number of aliphatic imine (C=N–C) groups is 1. The Labute approximate surface area is 175 Å². The number of rotatable bonds is 3. The normalized spacial score (nSPS) is 23.4. The lowest BCUT2D eigenvalue weighted by Crippen LogP contribution is -2.51. The average Bonchev–Trinajstić information content (AvgIpc) is 3.25. The summed E-state index contributed by atoms with van der Waals surface area (Å²) in [6, 6.07) is 10.6. The van der Waals surface area contributed by atoms with Crippen LogP contribution in [0.1, 0.15) is 42.6 Å². The molecule has 2 unspecified atom stereocenters. The number of amides is 1. The summed E-state index contributed by atoms with van der Waals surface area (Å²) < 4.78 is 26.9. The first-order valence-electron chi connectivity index (χ1n) is 10.2. The fraction of sp³-hybridized carbons (Fsp3) is 0.333. The number of halogens is 2. The minimum Gasteiger partial charge on any atom is -0.359 e. The van der Waals surface area contributed by atoms with Gasteiger partial charge in [0.25, 0.3) is 5.91 Å². The summed E-state index contributed by atoms with van der Waals surface area (Å²) in [4.78, 5) is 19.2. The molecule has 2 aliphatic heterocycles. The standard InChI is InChI=1S/C24H25F2N3O/c1-16-11-13-29(22-4-3-12-27-22)15-24(16,2)17-5-8-19(9-6-17)28-23(30)20-10-7-18(25)14-21(20)26/h3,5-10,12,14,16H,4,11,13,15H2,1-2H3,(H,28,30). The van der Waals surface area contributed by atoms with E-state index in [0.717, 1.165) is 43.9 Å². The SMILES string of the molecule is CC1CCN(C2=NC=CC2)CC1(C)c1ccc(NC(=O)c2ccc(F)cc2F)cc1. The Balaban J connectivity index is 1.50. The monoisotopic (exact) mass is 409 g/mol. The van der Waals surface area contributed by atoms with Gasteiger partial charge in [0.2, 0.25) is 0 Å². The van der Waals surface area contributed by atoms with Crippen molar-refractivity contribution in [1.29, 1.82) is 0 Å². The Kier molecular flexibility index (Phi) is 5.41. The van der Waals surface area contributed by atoms with Crippen LogP contribution in [0.15, 0.2) is 59.7 Å². The van der Waals surface area contributed by atoms with Crippen LogP contribution in [0, 0.1) is 17.6 Å². The molecule has 4 nitrogen and oxygen atoms in total. The van der Waals surface area contributed by atoms with Crippen LogP contribution < -0.4 is 5.32 Å². The molecule has 0 bridgehead atoms. The molecule has 1 N–H and O–H groups in total. The summed E-state index contributed by atoms with van der Waals surface area (Å²) in [5, 5.41) is 2.69. The number of nitrogens with zero attached hydrogens (tertiary/aromatic N) is 2. The van der Waals surface area contributed by atoms with Crippen LogP contribution in [0.4, 0.5) is 14.5 Å². The number of nitrogens with one attached hydrogen (secondary N) is 1. The van der Waals surface area contributed by atoms with E-state index in [0.29, 0.717) is 17.7 Å². The lowest BCUT2D eigenvalue weighted by molar-refractivity contribution is 0.102. The van der Waals surface area contributed by atoms with Crippen molar-refractivity contribution in [2.45, 2.75) is 32.1 Å². The molecule has 0 aromatic heterocycles. The minimum atomic E-state index is -0.878. The highest BCUT2D eigenvalue weighted by molar-refractivity contribution is 6.04. The van der Waals surface area contributed by atoms with Crippen molar-refractivity contribution in [2.75, 3.05) is 18.4 Å². The van der Waals surface area contributed by atoms with Crippen molar-refractivity contribution >= 4 is 17.4 Å². The number of carbonyl (C=O) groups excluding carboxylic acids is 1. The Morgan fingerprint density at radius 3 is 2.63 bits per heavy atom. The Bertz CT molecular complexity index is 1020. The van der Waals surface area contributed by atoms with Gasteiger partial charge in [-0.3, -0.25) is 4.79 Å². The largest absolute Gasteiger partial charge is 0.359 e. The van der Waals surface area contributed by atoms with Crippen LogP contribution in [-0.4, -0.2) is 29.7 Å². The van der Waals surface area contributed by atoms with Crippen LogP contribution in [0.25, 0.3) is 0 Å². The zero-order valence-electron chi connectivity index (χ0n) is 17.2. The smallest absolute Gasteiger partial charge is 0.258 e. The molecule has 0 aliphatic carbocycles. The van der Waals surface area contributed by atoms with E-state index in [1.807, 2.05) is 30.5 Å². The van der Waals surface area contributed by atoms with E-state index in [-0.39, 0.29) is 11.0 Å². The van der Waals surface area contributed by atoms with E-state index in [1.165, 1.54) is 5.56 Å². The summed E-state index contributed by atoms with van der Waals surface area (Å²) in [6.45, 7) is 6.45. The molecular formula is C24H25F2N3O. The van der Waals surface area contributed by atoms with Crippen molar-refractivity contribution in [3.8, 4) is 0 Å². The molecule has 0 saturated carbocycles. The van der Waals surface area contributed by atoms with E-state index < -0.39 is 17.5 Å². The molecule has 30 heavy (non-hydrogen) atoms. The van der Waals surface area contributed by atoms with Crippen LogP contribution in [0.2, 0.25) is 0 Å². The number of anilines is 1. The molecule has 6 heteroatoms. The van der Waals surface area contributed by atoms with Gasteiger partial charge in [-0.2, -0.15) is 0 Å². The van der Waals surface area contributed by atoms with Gasteiger partial charge in [0.15, 0.2) is 0 Å². The number of carbonyl (C=O) groups is 1. The molecule has 0 spiro atoms. The number of likely N-dealkylation sites (tertiary alicyclic amines) is 1. The lowest BCUT2D eigenvalue weighted by Gasteiger charge is -2.46. The van der Waals surface area contributed by atoms with E-state index in [4.69, 9.17) is 0 Å². The van der Waals surface area contributed by atoms with Gasteiger partial charge in [0.05, 0.1) is 5.56 Å². The first-order chi connectivity index (χ1) is 14.4. The van der Waals surface area contributed by atoms with Crippen LogP contribution >= 0.6 is 0 Å².